The maximum absolute atomic E-state index is 12.1. The number of hydrazone groups is 1. The Labute approximate surface area is 151 Å². The largest absolute Gasteiger partial charge is 0.508 e. The standard InChI is InChI=1S/C19H21N3O4/c1-3-4-18(25)20-14-7-5-13(6-8-14)19(26)22-21-12(2)16-10-9-15(23)11-17(16)24/h5-11,23-24H,3-4H2,1-2H3,(H,20,25)(H,22,26)/b21-12+. The van der Waals surface area contributed by atoms with Crippen molar-refractivity contribution in [3.05, 3.63) is 53.6 Å². The maximum atomic E-state index is 12.1. The van der Waals surface area contributed by atoms with E-state index in [2.05, 4.69) is 15.8 Å². The number of nitrogens with zero attached hydrogens (tertiary/aromatic N) is 1. The van der Waals surface area contributed by atoms with Crippen molar-refractivity contribution in [3.63, 3.8) is 0 Å². The highest BCUT2D eigenvalue weighted by Gasteiger charge is 2.08. The summed E-state index contributed by atoms with van der Waals surface area (Å²) in [5.74, 6) is -0.686. The molecular formula is C19H21N3O4. The van der Waals surface area contributed by atoms with Crippen molar-refractivity contribution in [2.75, 3.05) is 5.32 Å². The highest BCUT2D eigenvalue weighted by molar-refractivity contribution is 6.02. The van der Waals surface area contributed by atoms with Gasteiger partial charge < -0.3 is 15.5 Å². The number of aromatic hydroxyl groups is 2. The molecule has 0 aliphatic carbocycles. The van der Waals surface area contributed by atoms with Crippen molar-refractivity contribution in [3.8, 4) is 11.5 Å². The summed E-state index contributed by atoms with van der Waals surface area (Å²) >= 11 is 0. The Morgan fingerprint density at radius 1 is 1.08 bits per heavy atom. The van der Waals surface area contributed by atoms with E-state index in [1.807, 2.05) is 6.92 Å². The maximum Gasteiger partial charge on any atom is 0.271 e. The highest BCUT2D eigenvalue weighted by atomic mass is 16.3. The number of nitrogens with one attached hydrogen (secondary N) is 2. The molecule has 2 amide bonds. The number of carbonyl (C=O) groups is 2. The molecule has 7 nitrogen and oxygen atoms in total. The van der Waals surface area contributed by atoms with Crippen molar-refractivity contribution in [2.45, 2.75) is 26.7 Å². The molecule has 0 aromatic heterocycles. The molecule has 0 saturated carbocycles. The number of benzene rings is 2. The zero-order chi connectivity index (χ0) is 19.1. The van der Waals surface area contributed by atoms with Crippen LogP contribution in [0.15, 0.2) is 47.6 Å². The van der Waals surface area contributed by atoms with E-state index in [0.29, 0.717) is 28.9 Å². The first-order chi connectivity index (χ1) is 12.4. The molecule has 0 spiro atoms. The third-order valence-corrected chi connectivity index (χ3v) is 3.60. The van der Waals surface area contributed by atoms with Gasteiger partial charge in [-0.1, -0.05) is 6.92 Å². The van der Waals surface area contributed by atoms with Crippen LogP contribution in [0.3, 0.4) is 0 Å². The number of hydrogen-bond donors (Lipinski definition) is 4. The van der Waals surface area contributed by atoms with Crippen LogP contribution in [-0.2, 0) is 4.79 Å². The number of carbonyl (C=O) groups excluding carboxylic acids is 2. The molecule has 7 heteroatoms. The number of phenolic OH excluding ortho intramolecular Hbond substituents is 2. The first-order valence-corrected chi connectivity index (χ1v) is 8.17. The van der Waals surface area contributed by atoms with Crippen LogP contribution in [0.5, 0.6) is 11.5 Å². The second kappa shape index (κ2) is 8.66. The van der Waals surface area contributed by atoms with Gasteiger partial charge in [0.1, 0.15) is 11.5 Å². The minimum atomic E-state index is -0.422. The van der Waals surface area contributed by atoms with Crippen LogP contribution in [0.4, 0.5) is 5.69 Å². The quantitative estimate of drug-likeness (QED) is 0.471. The zero-order valence-electron chi connectivity index (χ0n) is 14.6. The Morgan fingerprint density at radius 3 is 2.38 bits per heavy atom. The van der Waals surface area contributed by atoms with Crippen molar-refractivity contribution < 1.29 is 19.8 Å². The first-order valence-electron chi connectivity index (χ1n) is 8.17. The highest BCUT2D eigenvalue weighted by Crippen LogP contribution is 2.23. The summed E-state index contributed by atoms with van der Waals surface area (Å²) in [5.41, 5.74) is 4.19. The monoisotopic (exact) mass is 355 g/mol. The summed E-state index contributed by atoms with van der Waals surface area (Å²) in [5, 5.41) is 25.8. The number of anilines is 1. The molecule has 0 aliphatic heterocycles. The normalized spacial score (nSPS) is 11.1. The third-order valence-electron chi connectivity index (χ3n) is 3.60. The molecule has 0 bridgehead atoms. The van der Waals surface area contributed by atoms with Crippen LogP contribution < -0.4 is 10.7 Å². The molecule has 0 fully saturated rings. The Bertz CT molecular complexity index is 829. The molecule has 136 valence electrons. The van der Waals surface area contributed by atoms with Gasteiger partial charge in [-0.3, -0.25) is 9.59 Å². The van der Waals surface area contributed by atoms with Gasteiger partial charge in [0.2, 0.25) is 5.91 Å². The lowest BCUT2D eigenvalue weighted by molar-refractivity contribution is -0.116. The van der Waals surface area contributed by atoms with Gasteiger partial charge in [0, 0.05) is 29.3 Å². The van der Waals surface area contributed by atoms with Gasteiger partial charge >= 0.3 is 0 Å². The van der Waals surface area contributed by atoms with Crippen LogP contribution in [0.25, 0.3) is 0 Å². The topological polar surface area (TPSA) is 111 Å². The van der Waals surface area contributed by atoms with Gasteiger partial charge in [-0.15, -0.1) is 0 Å². The van der Waals surface area contributed by atoms with E-state index in [9.17, 15) is 19.8 Å². The van der Waals surface area contributed by atoms with E-state index in [-0.39, 0.29) is 17.4 Å². The minimum absolute atomic E-state index is 0.0609. The lowest BCUT2D eigenvalue weighted by atomic mass is 10.1. The zero-order valence-corrected chi connectivity index (χ0v) is 14.6. The molecule has 2 aromatic rings. The summed E-state index contributed by atoms with van der Waals surface area (Å²) in [7, 11) is 0. The number of rotatable bonds is 6. The third kappa shape index (κ3) is 5.07. The molecule has 2 rings (SSSR count). The van der Waals surface area contributed by atoms with E-state index >= 15 is 0 Å². The number of hydrogen-bond acceptors (Lipinski definition) is 5. The van der Waals surface area contributed by atoms with E-state index < -0.39 is 5.91 Å². The van der Waals surface area contributed by atoms with Gasteiger partial charge in [0.25, 0.3) is 5.91 Å². The Kier molecular flexibility index (Phi) is 6.32. The molecule has 0 unspecified atom stereocenters. The Balaban J connectivity index is 2.01. The first kappa shape index (κ1) is 19.0. The lowest BCUT2D eigenvalue weighted by Crippen LogP contribution is -2.19. The fourth-order valence-electron chi connectivity index (χ4n) is 2.24. The number of amides is 2. The molecule has 0 radical (unpaired) electrons. The lowest BCUT2D eigenvalue weighted by Gasteiger charge is -2.07. The smallest absolute Gasteiger partial charge is 0.271 e. The van der Waals surface area contributed by atoms with Crippen molar-refractivity contribution >= 4 is 23.2 Å². The van der Waals surface area contributed by atoms with Crippen LogP contribution in [0, 0.1) is 0 Å². The molecular weight excluding hydrogens is 334 g/mol. The van der Waals surface area contributed by atoms with E-state index in [0.717, 1.165) is 6.42 Å². The summed E-state index contributed by atoms with van der Waals surface area (Å²) in [4.78, 5) is 23.7. The molecule has 0 saturated heterocycles. The van der Waals surface area contributed by atoms with Gasteiger partial charge in [-0.25, -0.2) is 5.43 Å². The van der Waals surface area contributed by atoms with Gasteiger partial charge in [-0.05, 0) is 49.7 Å². The number of phenols is 2. The molecule has 0 heterocycles. The minimum Gasteiger partial charge on any atom is -0.508 e. The summed E-state index contributed by atoms with van der Waals surface area (Å²) in [6.45, 7) is 3.55. The van der Waals surface area contributed by atoms with Gasteiger partial charge in [0.05, 0.1) is 5.71 Å². The SMILES string of the molecule is CCCC(=O)Nc1ccc(C(=O)N/N=C(\C)c2ccc(O)cc2O)cc1. The second-order valence-corrected chi connectivity index (χ2v) is 5.72. The van der Waals surface area contributed by atoms with Crippen LogP contribution in [-0.4, -0.2) is 27.7 Å². The van der Waals surface area contributed by atoms with E-state index in [1.54, 1.807) is 31.2 Å². The van der Waals surface area contributed by atoms with Crippen molar-refractivity contribution in [2.24, 2.45) is 5.10 Å². The van der Waals surface area contributed by atoms with Crippen LogP contribution in [0.1, 0.15) is 42.6 Å². The molecule has 0 aliphatic rings. The van der Waals surface area contributed by atoms with E-state index in [1.165, 1.54) is 18.2 Å². The second-order valence-electron chi connectivity index (χ2n) is 5.72. The van der Waals surface area contributed by atoms with Crippen LogP contribution >= 0.6 is 0 Å². The van der Waals surface area contributed by atoms with Gasteiger partial charge in [-0.2, -0.15) is 5.10 Å². The summed E-state index contributed by atoms with van der Waals surface area (Å²) in [6, 6.07) is 10.6. The Hall–Kier alpha value is -3.35. The molecule has 26 heavy (non-hydrogen) atoms. The van der Waals surface area contributed by atoms with Gasteiger partial charge in [0.15, 0.2) is 0 Å². The average molecular weight is 355 g/mol. The predicted molar refractivity (Wildman–Crippen MR) is 99.4 cm³/mol. The van der Waals surface area contributed by atoms with E-state index in [4.69, 9.17) is 0 Å². The molecule has 2 aromatic carbocycles. The predicted octanol–water partition coefficient (Wildman–Crippen LogP) is 2.99. The summed E-state index contributed by atoms with van der Waals surface area (Å²) < 4.78 is 0. The van der Waals surface area contributed by atoms with Crippen LogP contribution in [0.2, 0.25) is 0 Å². The average Bonchev–Trinajstić information content (AvgIpc) is 2.60. The van der Waals surface area contributed by atoms with Crippen molar-refractivity contribution in [1.82, 2.24) is 5.43 Å². The molecule has 4 N–H and O–H groups in total. The fourth-order valence-corrected chi connectivity index (χ4v) is 2.24. The fraction of sp³-hybridized carbons (Fsp3) is 0.211. The van der Waals surface area contributed by atoms with Crippen molar-refractivity contribution in [1.29, 1.82) is 0 Å². The Morgan fingerprint density at radius 2 is 1.77 bits per heavy atom. The molecule has 0 atom stereocenters. The summed E-state index contributed by atoms with van der Waals surface area (Å²) in [6.07, 6.45) is 1.21.